The summed E-state index contributed by atoms with van der Waals surface area (Å²) in [6.45, 7) is 0.402. The minimum atomic E-state index is -3.36. The third-order valence-corrected chi connectivity index (χ3v) is 4.39. The molecule has 1 aromatic heterocycles. The summed E-state index contributed by atoms with van der Waals surface area (Å²) in [7, 11) is -3.36. The van der Waals surface area contributed by atoms with Gasteiger partial charge in [-0.15, -0.1) is 0 Å². The summed E-state index contributed by atoms with van der Waals surface area (Å²) in [6, 6.07) is 4.55. The molecule has 0 aliphatic carbocycles. The number of sulfonamides is 1. The Hall–Kier alpha value is -1.47. The molecule has 0 saturated carbocycles. The molecule has 0 aromatic carbocycles. The third kappa shape index (κ3) is 3.51. The Balaban J connectivity index is 2.12. The number of amides is 1. The van der Waals surface area contributed by atoms with Crippen LogP contribution in [-0.4, -0.2) is 42.5 Å². The van der Waals surface area contributed by atoms with Gasteiger partial charge in [-0.2, -0.15) is 4.31 Å². The summed E-state index contributed by atoms with van der Waals surface area (Å²) in [6.07, 6.45) is 4.91. The summed E-state index contributed by atoms with van der Waals surface area (Å²) in [4.78, 5) is 16.2. The fourth-order valence-corrected chi connectivity index (χ4v) is 3.33. The zero-order valence-corrected chi connectivity index (χ0v) is 11.6. The topological polar surface area (TPSA) is 79.4 Å². The van der Waals surface area contributed by atoms with Crippen LogP contribution in [0.1, 0.15) is 19.3 Å². The number of carbonyl (C=O) groups is 1. The summed E-state index contributed by atoms with van der Waals surface area (Å²) in [5.41, 5.74) is 0. The SMILES string of the molecule is CS(=O)(=O)N1CCCCC1C(=O)Nc1ccccn1. The maximum Gasteiger partial charge on any atom is 0.243 e. The molecule has 1 N–H and O–H groups in total. The number of anilines is 1. The number of nitrogens with zero attached hydrogens (tertiary/aromatic N) is 2. The van der Waals surface area contributed by atoms with Crippen LogP contribution in [-0.2, 0) is 14.8 Å². The molecule has 1 aliphatic rings. The van der Waals surface area contributed by atoms with Gasteiger partial charge in [-0.05, 0) is 25.0 Å². The number of hydrogen-bond donors (Lipinski definition) is 1. The quantitative estimate of drug-likeness (QED) is 0.891. The maximum atomic E-state index is 12.2. The van der Waals surface area contributed by atoms with Crippen LogP contribution in [0.15, 0.2) is 24.4 Å². The molecule has 2 rings (SSSR count). The molecule has 1 aliphatic heterocycles. The monoisotopic (exact) mass is 283 g/mol. The fourth-order valence-electron chi connectivity index (χ4n) is 2.21. The molecule has 1 atom stereocenters. The summed E-state index contributed by atoms with van der Waals surface area (Å²) < 4.78 is 24.6. The Morgan fingerprint density at radius 3 is 2.84 bits per heavy atom. The van der Waals surface area contributed by atoms with Gasteiger partial charge in [0.1, 0.15) is 11.9 Å². The van der Waals surface area contributed by atoms with Gasteiger partial charge < -0.3 is 5.32 Å². The highest BCUT2D eigenvalue weighted by Gasteiger charge is 2.34. The molecule has 0 radical (unpaired) electrons. The van der Waals surface area contributed by atoms with Crippen LogP contribution in [0.25, 0.3) is 0 Å². The molecule has 1 aromatic rings. The van der Waals surface area contributed by atoms with Crippen molar-refractivity contribution < 1.29 is 13.2 Å². The molecule has 1 fully saturated rings. The summed E-state index contributed by atoms with van der Waals surface area (Å²) in [5, 5.41) is 2.66. The number of pyridine rings is 1. The predicted molar refractivity (Wildman–Crippen MR) is 72.1 cm³/mol. The Kier molecular flexibility index (Phi) is 4.16. The molecule has 0 spiro atoms. The van der Waals surface area contributed by atoms with E-state index in [0.717, 1.165) is 19.1 Å². The van der Waals surface area contributed by atoms with Gasteiger partial charge in [0.25, 0.3) is 0 Å². The van der Waals surface area contributed by atoms with E-state index in [2.05, 4.69) is 10.3 Å². The van der Waals surface area contributed by atoms with Gasteiger partial charge in [0.2, 0.25) is 15.9 Å². The average Bonchev–Trinajstić information content (AvgIpc) is 2.39. The molecule has 2 heterocycles. The molecule has 1 amide bonds. The van der Waals surface area contributed by atoms with E-state index in [9.17, 15) is 13.2 Å². The zero-order chi connectivity index (χ0) is 13.9. The minimum absolute atomic E-state index is 0.316. The number of aromatic nitrogens is 1. The standard InChI is InChI=1S/C12H17N3O3S/c1-19(17,18)15-9-5-3-6-10(15)12(16)14-11-7-2-4-8-13-11/h2,4,7-8,10H,3,5-6,9H2,1H3,(H,13,14,16). The van der Waals surface area contributed by atoms with Crippen LogP contribution < -0.4 is 5.32 Å². The first-order chi connectivity index (χ1) is 8.98. The summed E-state index contributed by atoms with van der Waals surface area (Å²) in [5.74, 6) is 0.121. The number of hydrogen-bond acceptors (Lipinski definition) is 4. The molecule has 19 heavy (non-hydrogen) atoms. The molecular weight excluding hydrogens is 266 g/mol. The smallest absolute Gasteiger partial charge is 0.243 e. The lowest BCUT2D eigenvalue weighted by Gasteiger charge is -2.32. The normalized spacial score (nSPS) is 21.0. The lowest BCUT2D eigenvalue weighted by molar-refractivity contribution is -0.120. The Morgan fingerprint density at radius 1 is 1.42 bits per heavy atom. The first-order valence-electron chi connectivity index (χ1n) is 6.17. The second-order valence-electron chi connectivity index (χ2n) is 4.59. The molecule has 104 valence electrons. The van der Waals surface area contributed by atoms with Gasteiger partial charge in [0.05, 0.1) is 6.26 Å². The highest BCUT2D eigenvalue weighted by molar-refractivity contribution is 7.88. The fraction of sp³-hybridized carbons (Fsp3) is 0.500. The van der Waals surface area contributed by atoms with Crippen LogP contribution in [0.5, 0.6) is 0 Å². The van der Waals surface area contributed by atoms with Crippen molar-refractivity contribution in [3.8, 4) is 0 Å². The third-order valence-electron chi connectivity index (χ3n) is 3.10. The van der Waals surface area contributed by atoms with E-state index in [1.807, 2.05) is 0 Å². The second-order valence-corrected chi connectivity index (χ2v) is 6.52. The lowest BCUT2D eigenvalue weighted by atomic mass is 10.0. The van der Waals surface area contributed by atoms with Gasteiger partial charge in [-0.3, -0.25) is 4.79 Å². The van der Waals surface area contributed by atoms with Crippen molar-refractivity contribution in [1.29, 1.82) is 0 Å². The van der Waals surface area contributed by atoms with E-state index < -0.39 is 16.1 Å². The van der Waals surface area contributed by atoms with Crippen molar-refractivity contribution in [2.75, 3.05) is 18.1 Å². The lowest BCUT2D eigenvalue weighted by Crippen LogP contribution is -2.49. The predicted octanol–water partition coefficient (Wildman–Crippen LogP) is 0.834. The van der Waals surface area contributed by atoms with Gasteiger partial charge in [0, 0.05) is 12.7 Å². The molecule has 7 heteroatoms. The number of nitrogens with one attached hydrogen (secondary N) is 1. The number of piperidine rings is 1. The number of carbonyl (C=O) groups excluding carboxylic acids is 1. The summed E-state index contributed by atoms with van der Waals surface area (Å²) >= 11 is 0. The van der Waals surface area contributed by atoms with Gasteiger partial charge >= 0.3 is 0 Å². The van der Waals surface area contributed by atoms with E-state index in [1.54, 1.807) is 24.4 Å². The van der Waals surface area contributed by atoms with E-state index in [4.69, 9.17) is 0 Å². The molecule has 1 unspecified atom stereocenters. The molecular formula is C12H17N3O3S. The largest absolute Gasteiger partial charge is 0.309 e. The molecule has 0 bridgehead atoms. The van der Waals surface area contributed by atoms with Crippen molar-refractivity contribution >= 4 is 21.7 Å². The van der Waals surface area contributed by atoms with E-state index >= 15 is 0 Å². The van der Waals surface area contributed by atoms with Gasteiger partial charge in [0.15, 0.2) is 0 Å². The van der Waals surface area contributed by atoms with E-state index in [0.29, 0.717) is 18.8 Å². The first kappa shape index (κ1) is 14.0. The molecule has 1 saturated heterocycles. The molecule has 6 nitrogen and oxygen atoms in total. The highest BCUT2D eigenvalue weighted by atomic mass is 32.2. The van der Waals surface area contributed by atoms with Crippen molar-refractivity contribution in [2.45, 2.75) is 25.3 Å². The Bertz CT molecular complexity index is 545. The average molecular weight is 283 g/mol. The van der Waals surface area contributed by atoms with Gasteiger partial charge in [-0.1, -0.05) is 12.5 Å². The first-order valence-corrected chi connectivity index (χ1v) is 8.02. The maximum absolute atomic E-state index is 12.2. The van der Waals surface area contributed by atoms with Crippen molar-refractivity contribution in [2.24, 2.45) is 0 Å². The Labute approximate surface area is 112 Å². The highest BCUT2D eigenvalue weighted by Crippen LogP contribution is 2.21. The van der Waals surface area contributed by atoms with Crippen LogP contribution in [0.4, 0.5) is 5.82 Å². The Morgan fingerprint density at radius 2 is 2.21 bits per heavy atom. The van der Waals surface area contributed by atoms with Crippen molar-refractivity contribution in [3.63, 3.8) is 0 Å². The van der Waals surface area contributed by atoms with E-state index in [1.165, 1.54) is 4.31 Å². The van der Waals surface area contributed by atoms with Crippen molar-refractivity contribution in [3.05, 3.63) is 24.4 Å². The van der Waals surface area contributed by atoms with Crippen LogP contribution in [0.3, 0.4) is 0 Å². The minimum Gasteiger partial charge on any atom is -0.309 e. The van der Waals surface area contributed by atoms with Crippen LogP contribution >= 0.6 is 0 Å². The van der Waals surface area contributed by atoms with Crippen LogP contribution in [0.2, 0.25) is 0 Å². The zero-order valence-electron chi connectivity index (χ0n) is 10.7. The second kappa shape index (κ2) is 5.66. The van der Waals surface area contributed by atoms with E-state index in [-0.39, 0.29) is 5.91 Å². The van der Waals surface area contributed by atoms with Gasteiger partial charge in [-0.25, -0.2) is 13.4 Å². The van der Waals surface area contributed by atoms with Crippen molar-refractivity contribution in [1.82, 2.24) is 9.29 Å². The van der Waals surface area contributed by atoms with Crippen LogP contribution in [0, 0.1) is 0 Å². The number of rotatable bonds is 3.